The van der Waals surface area contributed by atoms with Gasteiger partial charge < -0.3 is 4.90 Å². The van der Waals surface area contributed by atoms with Crippen LogP contribution < -0.4 is 0 Å². The third-order valence-corrected chi connectivity index (χ3v) is 4.28. The molecular weight excluding hydrogens is 306 g/mol. The highest BCUT2D eigenvalue weighted by Gasteiger charge is 2.28. The van der Waals surface area contributed by atoms with Crippen LogP contribution in [0.2, 0.25) is 0 Å². The molecule has 1 aromatic carbocycles. The molecular formula is C14H14BrN3O. The van der Waals surface area contributed by atoms with Crippen LogP contribution in [0.1, 0.15) is 23.2 Å². The second-order valence-electron chi connectivity index (χ2n) is 4.71. The Labute approximate surface area is 120 Å². The molecule has 1 aliphatic rings. The van der Waals surface area contributed by atoms with E-state index in [2.05, 4.69) is 25.9 Å². The summed E-state index contributed by atoms with van der Waals surface area (Å²) in [5, 5.41) is 0.839. The number of rotatable bonds is 2. The monoisotopic (exact) mass is 319 g/mol. The summed E-state index contributed by atoms with van der Waals surface area (Å²) in [6.07, 6.45) is 5.46. The standard InChI is InChI=1S/C14H14BrN3O/c15-9-11-2-1-7-18(11)14(19)10-3-4-12-13(8-10)17-6-5-16-12/h3-6,8,11H,1-2,7,9H2. The quantitative estimate of drug-likeness (QED) is 0.799. The summed E-state index contributed by atoms with van der Waals surface area (Å²) in [5.74, 6) is 0.0921. The molecule has 1 amide bonds. The Bertz CT molecular complexity index is 616. The normalized spacial score (nSPS) is 19.0. The Hall–Kier alpha value is -1.49. The van der Waals surface area contributed by atoms with E-state index in [0.717, 1.165) is 35.7 Å². The molecule has 5 heteroatoms. The molecule has 1 atom stereocenters. The molecule has 4 nitrogen and oxygen atoms in total. The maximum absolute atomic E-state index is 12.5. The van der Waals surface area contributed by atoms with E-state index in [-0.39, 0.29) is 5.91 Å². The van der Waals surface area contributed by atoms with Crippen molar-refractivity contribution in [1.29, 1.82) is 0 Å². The number of carbonyl (C=O) groups is 1. The minimum atomic E-state index is 0.0921. The van der Waals surface area contributed by atoms with Gasteiger partial charge in [-0.25, -0.2) is 0 Å². The first-order chi connectivity index (χ1) is 9.29. The molecule has 2 heterocycles. The third-order valence-electron chi connectivity index (χ3n) is 3.53. The van der Waals surface area contributed by atoms with Crippen LogP contribution in [-0.4, -0.2) is 38.7 Å². The van der Waals surface area contributed by atoms with E-state index in [1.54, 1.807) is 12.4 Å². The number of nitrogens with zero attached hydrogens (tertiary/aromatic N) is 3. The van der Waals surface area contributed by atoms with E-state index >= 15 is 0 Å². The smallest absolute Gasteiger partial charge is 0.254 e. The van der Waals surface area contributed by atoms with E-state index in [9.17, 15) is 4.79 Å². The molecule has 0 bridgehead atoms. The first-order valence-corrected chi connectivity index (χ1v) is 7.49. The van der Waals surface area contributed by atoms with Crippen LogP contribution in [0.4, 0.5) is 0 Å². The number of carbonyl (C=O) groups excluding carboxylic acids is 1. The zero-order valence-corrected chi connectivity index (χ0v) is 12.0. The fourth-order valence-electron chi connectivity index (χ4n) is 2.53. The van der Waals surface area contributed by atoms with Gasteiger partial charge in [0, 0.05) is 35.9 Å². The molecule has 3 rings (SSSR count). The lowest BCUT2D eigenvalue weighted by Crippen LogP contribution is -2.36. The number of halogens is 1. The number of amides is 1. The number of hydrogen-bond acceptors (Lipinski definition) is 3. The highest BCUT2D eigenvalue weighted by atomic mass is 79.9. The van der Waals surface area contributed by atoms with Crippen molar-refractivity contribution in [3.8, 4) is 0 Å². The van der Waals surface area contributed by atoms with Crippen LogP contribution in [0.5, 0.6) is 0 Å². The zero-order chi connectivity index (χ0) is 13.2. The lowest BCUT2D eigenvalue weighted by atomic mass is 10.1. The number of likely N-dealkylation sites (tertiary alicyclic amines) is 1. The predicted octanol–water partition coefficient (Wildman–Crippen LogP) is 2.63. The summed E-state index contributed by atoms with van der Waals surface area (Å²) in [4.78, 5) is 22.9. The number of aromatic nitrogens is 2. The van der Waals surface area contributed by atoms with Gasteiger partial charge in [-0.2, -0.15) is 0 Å². The largest absolute Gasteiger partial charge is 0.335 e. The molecule has 0 N–H and O–H groups in total. The Morgan fingerprint density at radius 1 is 1.32 bits per heavy atom. The van der Waals surface area contributed by atoms with Gasteiger partial charge >= 0.3 is 0 Å². The van der Waals surface area contributed by atoms with Crippen molar-refractivity contribution < 1.29 is 4.79 Å². The van der Waals surface area contributed by atoms with Crippen LogP contribution in [0.15, 0.2) is 30.6 Å². The van der Waals surface area contributed by atoms with Gasteiger partial charge in [-0.1, -0.05) is 15.9 Å². The number of fused-ring (bicyclic) bond motifs is 1. The minimum Gasteiger partial charge on any atom is -0.335 e. The maximum Gasteiger partial charge on any atom is 0.254 e. The summed E-state index contributed by atoms with van der Waals surface area (Å²) < 4.78 is 0. The van der Waals surface area contributed by atoms with Crippen molar-refractivity contribution in [2.45, 2.75) is 18.9 Å². The lowest BCUT2D eigenvalue weighted by molar-refractivity contribution is 0.0750. The first kappa shape index (κ1) is 12.5. The molecule has 98 valence electrons. The summed E-state index contributed by atoms with van der Waals surface area (Å²) >= 11 is 3.48. The van der Waals surface area contributed by atoms with Crippen molar-refractivity contribution in [2.75, 3.05) is 11.9 Å². The lowest BCUT2D eigenvalue weighted by Gasteiger charge is -2.23. The van der Waals surface area contributed by atoms with Gasteiger partial charge in [0.05, 0.1) is 11.0 Å². The molecule has 1 aliphatic heterocycles. The Balaban J connectivity index is 1.93. The summed E-state index contributed by atoms with van der Waals surface area (Å²) in [7, 11) is 0. The fourth-order valence-corrected chi connectivity index (χ4v) is 3.20. The molecule has 1 fully saturated rings. The van der Waals surface area contributed by atoms with Crippen LogP contribution in [0.3, 0.4) is 0 Å². The zero-order valence-electron chi connectivity index (χ0n) is 10.4. The molecule has 0 spiro atoms. The average molecular weight is 320 g/mol. The Kier molecular flexibility index (Phi) is 3.46. The highest BCUT2D eigenvalue weighted by molar-refractivity contribution is 9.09. The minimum absolute atomic E-state index is 0.0921. The summed E-state index contributed by atoms with van der Waals surface area (Å²) in [6, 6.07) is 5.83. The second kappa shape index (κ2) is 5.25. The number of hydrogen-bond donors (Lipinski definition) is 0. The van der Waals surface area contributed by atoms with Gasteiger partial charge in [0.25, 0.3) is 5.91 Å². The van der Waals surface area contributed by atoms with Crippen molar-refractivity contribution in [3.05, 3.63) is 36.2 Å². The van der Waals surface area contributed by atoms with Gasteiger partial charge in [-0.05, 0) is 31.0 Å². The molecule has 1 saturated heterocycles. The Morgan fingerprint density at radius 2 is 2.11 bits per heavy atom. The van der Waals surface area contributed by atoms with Crippen molar-refractivity contribution >= 4 is 32.9 Å². The highest BCUT2D eigenvalue weighted by Crippen LogP contribution is 2.22. The molecule has 19 heavy (non-hydrogen) atoms. The molecule has 0 aliphatic carbocycles. The van der Waals surface area contributed by atoms with Crippen molar-refractivity contribution in [2.24, 2.45) is 0 Å². The van der Waals surface area contributed by atoms with Crippen molar-refractivity contribution in [1.82, 2.24) is 14.9 Å². The van der Waals surface area contributed by atoms with Gasteiger partial charge in [-0.15, -0.1) is 0 Å². The average Bonchev–Trinajstić information content (AvgIpc) is 2.94. The Morgan fingerprint density at radius 3 is 2.89 bits per heavy atom. The van der Waals surface area contributed by atoms with Crippen molar-refractivity contribution in [3.63, 3.8) is 0 Å². The first-order valence-electron chi connectivity index (χ1n) is 6.37. The number of alkyl halides is 1. The van der Waals surface area contributed by atoms with E-state index in [1.165, 1.54) is 0 Å². The molecule has 0 saturated carbocycles. The molecule has 0 radical (unpaired) electrons. The van der Waals surface area contributed by atoms with Gasteiger partial charge in [0.2, 0.25) is 0 Å². The van der Waals surface area contributed by atoms with E-state index < -0.39 is 0 Å². The second-order valence-corrected chi connectivity index (χ2v) is 5.36. The van der Waals surface area contributed by atoms with Crippen LogP contribution >= 0.6 is 15.9 Å². The summed E-state index contributed by atoms with van der Waals surface area (Å²) in [5.41, 5.74) is 2.28. The van der Waals surface area contributed by atoms with Crippen LogP contribution in [0, 0.1) is 0 Å². The molecule has 2 aromatic rings. The maximum atomic E-state index is 12.5. The molecule has 1 aromatic heterocycles. The van der Waals surface area contributed by atoms with Gasteiger partial charge in [0.15, 0.2) is 0 Å². The van der Waals surface area contributed by atoms with Gasteiger partial charge in [0.1, 0.15) is 0 Å². The van der Waals surface area contributed by atoms with Crippen LogP contribution in [0.25, 0.3) is 11.0 Å². The van der Waals surface area contributed by atoms with Crippen LogP contribution in [-0.2, 0) is 0 Å². The topological polar surface area (TPSA) is 46.1 Å². The number of benzene rings is 1. The third kappa shape index (κ3) is 2.34. The van der Waals surface area contributed by atoms with E-state index in [4.69, 9.17) is 0 Å². The SMILES string of the molecule is O=C(c1ccc2nccnc2c1)N1CCCC1CBr. The van der Waals surface area contributed by atoms with Gasteiger partial charge in [-0.3, -0.25) is 14.8 Å². The molecule has 1 unspecified atom stereocenters. The van der Waals surface area contributed by atoms with E-state index in [0.29, 0.717) is 11.6 Å². The predicted molar refractivity (Wildman–Crippen MR) is 77.4 cm³/mol. The fraction of sp³-hybridized carbons (Fsp3) is 0.357. The summed E-state index contributed by atoms with van der Waals surface area (Å²) in [6.45, 7) is 0.841. The van der Waals surface area contributed by atoms with E-state index in [1.807, 2.05) is 23.1 Å².